The molecule has 6 rings (SSSR count). The van der Waals surface area contributed by atoms with Crippen LogP contribution in [0.1, 0.15) is 43.9 Å². The van der Waals surface area contributed by atoms with E-state index < -0.39 is 11.4 Å². The van der Waals surface area contributed by atoms with Crippen molar-refractivity contribution in [3.8, 4) is 5.75 Å². The molecule has 2 heterocycles. The van der Waals surface area contributed by atoms with Crippen LogP contribution in [0.5, 0.6) is 5.75 Å². The van der Waals surface area contributed by atoms with Gasteiger partial charge in [-0.05, 0) is 56.7 Å². The zero-order chi connectivity index (χ0) is 21.2. The Morgan fingerprint density at radius 1 is 1.26 bits per heavy atom. The topological polar surface area (TPSA) is 46.2 Å². The second kappa shape index (κ2) is 7.44. The first-order chi connectivity index (χ1) is 15.1. The van der Waals surface area contributed by atoms with E-state index in [1.165, 1.54) is 12.8 Å². The van der Waals surface area contributed by atoms with Crippen molar-refractivity contribution in [2.75, 3.05) is 20.5 Å². The van der Waals surface area contributed by atoms with E-state index in [0.717, 1.165) is 34.2 Å². The zero-order valence-electron chi connectivity index (χ0n) is 17.8. The van der Waals surface area contributed by atoms with Crippen LogP contribution in [0.2, 0.25) is 5.02 Å². The van der Waals surface area contributed by atoms with Crippen molar-refractivity contribution in [3.63, 3.8) is 0 Å². The molecular weight excluding hydrogens is 436 g/mol. The first-order valence-corrected chi connectivity index (χ1v) is 12.4. The lowest BCUT2D eigenvalue weighted by Gasteiger charge is -2.60. The van der Waals surface area contributed by atoms with Crippen LogP contribution in [0.3, 0.4) is 0 Å². The van der Waals surface area contributed by atoms with E-state index in [2.05, 4.69) is 12.1 Å². The van der Waals surface area contributed by atoms with Gasteiger partial charge in [0.15, 0.2) is 12.4 Å². The average Bonchev–Trinajstić information content (AvgIpc) is 3.28. The van der Waals surface area contributed by atoms with Gasteiger partial charge >= 0.3 is 0 Å². The molecule has 0 amide bonds. The summed E-state index contributed by atoms with van der Waals surface area (Å²) < 4.78 is 18.3. The molecule has 1 aromatic heterocycles. The fourth-order valence-corrected chi connectivity index (χ4v) is 7.89. The van der Waals surface area contributed by atoms with Crippen LogP contribution in [0.25, 0.3) is 10.1 Å². The summed E-state index contributed by atoms with van der Waals surface area (Å²) in [6, 6.07) is 6.03. The minimum atomic E-state index is -0.907. The monoisotopic (exact) mass is 462 g/mol. The number of halogens is 1. The van der Waals surface area contributed by atoms with Gasteiger partial charge in [0.2, 0.25) is 0 Å². The molecule has 1 saturated carbocycles. The second-order valence-corrected chi connectivity index (χ2v) is 10.5. The normalized spacial score (nSPS) is 36.0. The zero-order valence-corrected chi connectivity index (χ0v) is 19.4. The molecule has 1 aliphatic heterocycles. The van der Waals surface area contributed by atoms with Gasteiger partial charge < -0.3 is 14.2 Å². The van der Waals surface area contributed by atoms with Crippen molar-refractivity contribution in [3.05, 3.63) is 39.7 Å². The summed E-state index contributed by atoms with van der Waals surface area (Å²) in [5.74, 6) is 1.15. The number of hydrogen-bond donors (Lipinski definition) is 0. The number of thiophene rings is 1. The fraction of sp³-hybridized carbons (Fsp3) is 0.583. The fourth-order valence-electron chi connectivity index (χ4n) is 6.33. The Hall–Kier alpha value is -1.15. The Morgan fingerprint density at radius 2 is 2.16 bits per heavy atom. The smallest absolute Gasteiger partial charge is 0.270 e. The van der Waals surface area contributed by atoms with Gasteiger partial charge in [-0.2, -0.15) is 4.89 Å². The maximum absolute atomic E-state index is 6.72. The Kier molecular flexibility index (Phi) is 4.91. The number of rotatable bonds is 6. The molecule has 3 bridgehead atoms. The van der Waals surface area contributed by atoms with Gasteiger partial charge in [0.05, 0.1) is 9.90 Å². The minimum Gasteiger partial charge on any atom is -0.466 e. The van der Waals surface area contributed by atoms with Crippen molar-refractivity contribution >= 4 is 33.0 Å². The lowest BCUT2D eigenvalue weighted by Crippen LogP contribution is -2.72. The van der Waals surface area contributed by atoms with Crippen LogP contribution in [0.4, 0.5) is 0 Å². The van der Waals surface area contributed by atoms with Crippen LogP contribution < -0.4 is 4.74 Å². The molecule has 1 spiro atoms. The molecule has 5 unspecified atom stereocenters. The third kappa shape index (κ3) is 2.69. The van der Waals surface area contributed by atoms with Crippen molar-refractivity contribution < 1.29 is 24.0 Å². The van der Waals surface area contributed by atoms with E-state index in [9.17, 15) is 0 Å². The van der Waals surface area contributed by atoms with Gasteiger partial charge in [0.1, 0.15) is 5.75 Å². The summed E-state index contributed by atoms with van der Waals surface area (Å²) in [7, 11) is 1.74. The predicted molar refractivity (Wildman–Crippen MR) is 119 cm³/mol. The third-order valence-corrected chi connectivity index (χ3v) is 9.32. The highest BCUT2D eigenvalue weighted by molar-refractivity contribution is 7.19. The van der Waals surface area contributed by atoms with Crippen molar-refractivity contribution in [2.24, 2.45) is 17.8 Å². The van der Waals surface area contributed by atoms with Crippen LogP contribution in [-0.4, -0.2) is 26.1 Å². The van der Waals surface area contributed by atoms with E-state index in [4.69, 9.17) is 35.6 Å². The highest BCUT2D eigenvalue weighted by atomic mass is 35.5. The molecule has 2 fully saturated rings. The van der Waals surface area contributed by atoms with Crippen molar-refractivity contribution in [1.82, 2.24) is 0 Å². The molecule has 1 aromatic carbocycles. The average molecular weight is 463 g/mol. The van der Waals surface area contributed by atoms with E-state index in [1.54, 1.807) is 24.0 Å². The molecule has 0 radical (unpaired) electrons. The molecule has 1 saturated heterocycles. The van der Waals surface area contributed by atoms with Gasteiger partial charge in [-0.25, -0.2) is 4.89 Å². The molecule has 3 aliphatic carbocycles. The Morgan fingerprint density at radius 3 is 2.94 bits per heavy atom. The number of fused-ring (bicyclic) bond motifs is 5. The Balaban J connectivity index is 1.41. The summed E-state index contributed by atoms with van der Waals surface area (Å²) in [6.45, 7) is 2.71. The SMILES string of the molecule is CCOCOc1ccc2sc(C3(OC)OOC34C3C=C5CC4CCCC5C3)cc2c1Cl. The van der Waals surface area contributed by atoms with Gasteiger partial charge in [-0.3, -0.25) is 0 Å². The van der Waals surface area contributed by atoms with Crippen LogP contribution in [0, 0.1) is 17.8 Å². The molecule has 0 N–H and O–H groups in total. The molecule has 4 aliphatic rings. The largest absolute Gasteiger partial charge is 0.466 e. The molecular formula is C24H27ClO5S. The number of ether oxygens (including phenoxy) is 3. The maximum Gasteiger partial charge on any atom is 0.270 e. The summed E-state index contributed by atoms with van der Waals surface area (Å²) >= 11 is 8.38. The highest BCUT2D eigenvalue weighted by Crippen LogP contribution is 2.67. The standard InChI is InChI=1S/C24H27ClO5S/c1-3-27-13-28-19-7-8-20-18(22(19)25)12-21(31-20)24(26-2)23(29-30-24)16-6-4-5-14-9-17(23)11-15(14)10-16/h7-8,11-12,14,16-17H,3-6,9-10,13H2,1-2H3. The summed E-state index contributed by atoms with van der Waals surface area (Å²) in [5, 5.41) is 1.53. The maximum atomic E-state index is 6.72. The van der Waals surface area contributed by atoms with Crippen molar-refractivity contribution in [1.29, 1.82) is 0 Å². The van der Waals surface area contributed by atoms with Crippen LogP contribution in [-0.2, 0) is 25.0 Å². The number of allylic oxidation sites excluding steroid dienone is 1. The van der Waals surface area contributed by atoms with E-state index in [0.29, 0.717) is 35.1 Å². The molecule has 2 aromatic rings. The predicted octanol–water partition coefficient (Wildman–Crippen LogP) is 6.19. The van der Waals surface area contributed by atoms with Crippen LogP contribution >= 0.6 is 22.9 Å². The first kappa shape index (κ1) is 20.5. The third-order valence-electron chi connectivity index (χ3n) is 7.75. The van der Waals surface area contributed by atoms with Crippen LogP contribution in [0.15, 0.2) is 29.8 Å². The first-order valence-electron chi connectivity index (χ1n) is 11.2. The second-order valence-electron chi connectivity index (χ2n) is 9.05. The van der Waals surface area contributed by atoms with Gasteiger partial charge in [-0.15, -0.1) is 11.3 Å². The van der Waals surface area contributed by atoms with Gasteiger partial charge in [0.25, 0.3) is 5.79 Å². The lowest BCUT2D eigenvalue weighted by atomic mass is 9.64. The van der Waals surface area contributed by atoms with Gasteiger partial charge in [-0.1, -0.05) is 29.7 Å². The molecule has 7 heteroatoms. The summed E-state index contributed by atoms with van der Waals surface area (Å²) in [6.07, 6.45) is 8.39. The number of methoxy groups -OCH3 is 1. The van der Waals surface area contributed by atoms with E-state index in [1.807, 2.05) is 19.1 Å². The molecule has 31 heavy (non-hydrogen) atoms. The number of hydrogen-bond acceptors (Lipinski definition) is 6. The summed E-state index contributed by atoms with van der Waals surface area (Å²) in [5.41, 5.74) is 1.16. The summed E-state index contributed by atoms with van der Waals surface area (Å²) in [4.78, 5) is 13.1. The lowest BCUT2D eigenvalue weighted by molar-refractivity contribution is -0.635. The Bertz CT molecular complexity index is 1050. The van der Waals surface area contributed by atoms with Gasteiger partial charge in [0, 0.05) is 35.6 Å². The molecule has 5 nitrogen and oxygen atoms in total. The molecule has 166 valence electrons. The quantitative estimate of drug-likeness (QED) is 0.221. The minimum absolute atomic E-state index is 0.181. The van der Waals surface area contributed by atoms with Crippen molar-refractivity contribution in [2.45, 2.75) is 50.4 Å². The Labute approximate surface area is 191 Å². The van der Waals surface area contributed by atoms with E-state index >= 15 is 0 Å². The number of benzene rings is 1. The van der Waals surface area contributed by atoms with E-state index in [-0.39, 0.29) is 6.79 Å². The molecule has 5 atom stereocenters. The highest BCUT2D eigenvalue weighted by Gasteiger charge is 2.75.